The van der Waals surface area contributed by atoms with Gasteiger partial charge in [0.1, 0.15) is 5.75 Å². The van der Waals surface area contributed by atoms with Crippen LogP contribution in [0.4, 0.5) is 13.2 Å². The third-order valence-electron chi connectivity index (χ3n) is 3.08. The summed E-state index contributed by atoms with van der Waals surface area (Å²) in [5, 5.41) is 2.55. The Bertz CT molecular complexity index is 578. The highest BCUT2D eigenvalue weighted by atomic mass is 19.4. The first-order chi connectivity index (χ1) is 10.9. The summed E-state index contributed by atoms with van der Waals surface area (Å²) < 4.78 is 40.0. The molecule has 0 aliphatic carbocycles. The van der Waals surface area contributed by atoms with Gasteiger partial charge >= 0.3 is 6.36 Å². The highest BCUT2D eigenvalue weighted by molar-refractivity contribution is 5.87. The van der Waals surface area contributed by atoms with Crippen molar-refractivity contribution in [3.05, 3.63) is 29.8 Å². The Hall–Kier alpha value is -2.25. The van der Waals surface area contributed by atoms with Crippen LogP contribution in [0.3, 0.4) is 0 Å². The minimum absolute atomic E-state index is 0.137. The summed E-state index contributed by atoms with van der Waals surface area (Å²) in [5.74, 6) is -0.862. The van der Waals surface area contributed by atoms with E-state index < -0.39 is 11.8 Å². The lowest BCUT2D eigenvalue weighted by molar-refractivity contribution is -0.274. The molecule has 0 unspecified atom stereocenters. The van der Waals surface area contributed by atoms with E-state index >= 15 is 0 Å². The molecule has 0 saturated carbocycles. The number of nitrogens with one attached hydrogen (secondary N) is 1. The molecule has 0 heterocycles. The van der Waals surface area contributed by atoms with Gasteiger partial charge in [0.25, 0.3) is 0 Å². The van der Waals surface area contributed by atoms with Gasteiger partial charge in [-0.25, -0.2) is 0 Å². The number of nitrogens with zero attached hydrogens (tertiary/aromatic N) is 1. The quantitative estimate of drug-likeness (QED) is 0.892. The molecule has 2 amide bonds. The number of alkyl halides is 3. The summed E-state index contributed by atoms with van der Waals surface area (Å²) >= 11 is 0. The fraction of sp³-hybridized carbons (Fsp3) is 0.500. The van der Waals surface area contributed by atoms with Gasteiger partial charge in [0, 0.05) is 19.0 Å². The number of amides is 2. The maximum Gasteiger partial charge on any atom is 0.573 e. The van der Waals surface area contributed by atoms with Crippen molar-refractivity contribution in [3.63, 3.8) is 0 Å². The molecule has 1 aromatic carbocycles. The average Bonchev–Trinajstić information content (AvgIpc) is 2.43. The zero-order chi connectivity index (χ0) is 18.5. The largest absolute Gasteiger partial charge is 0.573 e. The maximum absolute atomic E-state index is 12.1. The van der Waals surface area contributed by atoms with Crippen LogP contribution in [0.15, 0.2) is 24.3 Å². The van der Waals surface area contributed by atoms with E-state index in [1.165, 1.54) is 29.2 Å². The normalized spacial score (nSPS) is 11.8. The van der Waals surface area contributed by atoms with Crippen molar-refractivity contribution in [3.8, 4) is 5.75 Å². The standard InChI is InChI=1S/C16H21F3N2O3/c1-15(2,3)14(23)20-9-13(22)21(4)10-11-5-7-12(8-6-11)24-16(17,18)19/h5-8H,9-10H2,1-4H3,(H,20,23). The second-order valence-electron chi connectivity index (χ2n) is 6.37. The number of halogens is 3. The van der Waals surface area contributed by atoms with E-state index in [1.807, 2.05) is 0 Å². The molecular weight excluding hydrogens is 325 g/mol. The van der Waals surface area contributed by atoms with Gasteiger partial charge in [-0.15, -0.1) is 13.2 Å². The molecule has 8 heteroatoms. The van der Waals surface area contributed by atoms with Crippen LogP contribution in [0, 0.1) is 5.41 Å². The van der Waals surface area contributed by atoms with Crippen LogP contribution < -0.4 is 10.1 Å². The van der Waals surface area contributed by atoms with E-state index in [9.17, 15) is 22.8 Å². The average molecular weight is 346 g/mol. The molecule has 5 nitrogen and oxygen atoms in total. The molecule has 1 aromatic rings. The Kier molecular flexibility index (Phi) is 6.22. The first kappa shape index (κ1) is 19.8. The number of hydrogen-bond acceptors (Lipinski definition) is 3. The zero-order valence-corrected chi connectivity index (χ0v) is 14.0. The van der Waals surface area contributed by atoms with Crippen LogP contribution in [0.5, 0.6) is 5.75 Å². The van der Waals surface area contributed by atoms with Gasteiger partial charge in [0.2, 0.25) is 11.8 Å². The molecule has 0 atom stereocenters. The molecule has 1 rings (SSSR count). The molecule has 0 spiro atoms. The third kappa shape index (κ3) is 6.89. The maximum atomic E-state index is 12.1. The van der Waals surface area contributed by atoms with E-state index in [4.69, 9.17) is 0 Å². The highest BCUT2D eigenvalue weighted by Gasteiger charge is 2.31. The van der Waals surface area contributed by atoms with Crippen molar-refractivity contribution < 1.29 is 27.5 Å². The summed E-state index contributed by atoms with van der Waals surface area (Å²) in [7, 11) is 1.55. The van der Waals surface area contributed by atoms with Crippen molar-refractivity contribution in [2.75, 3.05) is 13.6 Å². The molecule has 0 bridgehead atoms. The van der Waals surface area contributed by atoms with Gasteiger partial charge in [-0.2, -0.15) is 0 Å². The second-order valence-corrected chi connectivity index (χ2v) is 6.37. The number of hydrogen-bond donors (Lipinski definition) is 1. The molecule has 24 heavy (non-hydrogen) atoms. The number of likely N-dealkylation sites (N-methyl/N-ethyl adjacent to an activating group) is 1. The second kappa shape index (κ2) is 7.55. The van der Waals surface area contributed by atoms with E-state index in [2.05, 4.69) is 10.1 Å². The van der Waals surface area contributed by atoms with Gasteiger partial charge in [-0.1, -0.05) is 32.9 Å². The van der Waals surface area contributed by atoms with Crippen molar-refractivity contribution in [1.29, 1.82) is 0 Å². The van der Waals surface area contributed by atoms with E-state index in [1.54, 1.807) is 27.8 Å². The van der Waals surface area contributed by atoms with Gasteiger partial charge in [-0.3, -0.25) is 9.59 Å². The lowest BCUT2D eigenvalue weighted by Gasteiger charge is -2.21. The topological polar surface area (TPSA) is 58.6 Å². The minimum atomic E-state index is -4.74. The first-order valence-corrected chi connectivity index (χ1v) is 7.25. The molecule has 0 fully saturated rings. The Labute approximate surface area is 138 Å². The predicted octanol–water partition coefficient (Wildman–Crippen LogP) is 2.71. The molecule has 0 saturated heterocycles. The van der Waals surface area contributed by atoms with Crippen molar-refractivity contribution in [1.82, 2.24) is 10.2 Å². The lowest BCUT2D eigenvalue weighted by atomic mass is 9.96. The Morgan fingerprint density at radius 3 is 2.12 bits per heavy atom. The number of carbonyl (C=O) groups is 2. The lowest BCUT2D eigenvalue weighted by Crippen LogP contribution is -2.42. The first-order valence-electron chi connectivity index (χ1n) is 7.25. The van der Waals surface area contributed by atoms with Crippen molar-refractivity contribution >= 4 is 11.8 Å². The third-order valence-corrected chi connectivity index (χ3v) is 3.08. The highest BCUT2D eigenvalue weighted by Crippen LogP contribution is 2.23. The molecule has 0 aromatic heterocycles. The van der Waals surface area contributed by atoms with Crippen molar-refractivity contribution in [2.24, 2.45) is 5.41 Å². The fourth-order valence-electron chi connectivity index (χ4n) is 1.71. The Morgan fingerprint density at radius 1 is 1.12 bits per heavy atom. The van der Waals surface area contributed by atoms with Crippen molar-refractivity contribution in [2.45, 2.75) is 33.7 Å². The number of rotatable bonds is 5. The molecule has 134 valence electrons. The van der Waals surface area contributed by atoms with Crippen LogP contribution in [-0.4, -0.2) is 36.7 Å². The monoisotopic (exact) mass is 346 g/mol. The summed E-state index contributed by atoms with van der Waals surface area (Å²) in [4.78, 5) is 25.1. The summed E-state index contributed by atoms with van der Waals surface area (Å²) in [6.45, 7) is 5.28. The molecule has 0 aliphatic heterocycles. The number of ether oxygens (including phenoxy) is 1. The van der Waals surface area contributed by atoms with Crippen LogP contribution in [0.2, 0.25) is 0 Å². The van der Waals surface area contributed by atoms with E-state index in [0.29, 0.717) is 5.56 Å². The van der Waals surface area contributed by atoms with E-state index in [0.717, 1.165) is 0 Å². The molecule has 0 aliphatic rings. The smallest absolute Gasteiger partial charge is 0.406 e. The predicted molar refractivity (Wildman–Crippen MR) is 82.1 cm³/mol. The van der Waals surface area contributed by atoms with Crippen LogP contribution in [0.1, 0.15) is 26.3 Å². The number of carbonyl (C=O) groups excluding carboxylic acids is 2. The number of benzene rings is 1. The molecular formula is C16H21F3N2O3. The summed E-state index contributed by atoms with van der Waals surface area (Å²) in [5.41, 5.74) is 0.0511. The van der Waals surface area contributed by atoms with Gasteiger partial charge in [0.05, 0.1) is 6.54 Å². The molecule has 0 radical (unpaired) electrons. The zero-order valence-electron chi connectivity index (χ0n) is 14.0. The Balaban J connectivity index is 2.53. The SMILES string of the molecule is CN(Cc1ccc(OC(F)(F)F)cc1)C(=O)CNC(=O)C(C)(C)C. The molecule has 1 N–H and O–H groups in total. The fourth-order valence-corrected chi connectivity index (χ4v) is 1.71. The van der Waals surface area contributed by atoms with Gasteiger partial charge < -0.3 is 15.0 Å². The summed E-state index contributed by atoms with van der Waals surface area (Å²) in [6.07, 6.45) is -4.74. The minimum Gasteiger partial charge on any atom is -0.406 e. The van der Waals surface area contributed by atoms with E-state index in [-0.39, 0.29) is 30.7 Å². The van der Waals surface area contributed by atoms with Crippen LogP contribution in [-0.2, 0) is 16.1 Å². The van der Waals surface area contributed by atoms with Gasteiger partial charge in [0.15, 0.2) is 0 Å². The van der Waals surface area contributed by atoms with Gasteiger partial charge in [-0.05, 0) is 17.7 Å². The Morgan fingerprint density at radius 2 is 1.67 bits per heavy atom. The van der Waals surface area contributed by atoms with Crippen LogP contribution in [0.25, 0.3) is 0 Å². The van der Waals surface area contributed by atoms with Crippen LogP contribution >= 0.6 is 0 Å². The summed E-state index contributed by atoms with van der Waals surface area (Å²) in [6, 6.07) is 5.25.